The predicted octanol–water partition coefficient (Wildman–Crippen LogP) is -0.248. The van der Waals surface area contributed by atoms with Crippen LogP contribution in [0.1, 0.15) is 20.7 Å². The van der Waals surface area contributed by atoms with E-state index < -0.39 is 5.91 Å². The van der Waals surface area contributed by atoms with E-state index in [0.29, 0.717) is 18.8 Å². The molecule has 110 valence electrons. The van der Waals surface area contributed by atoms with Gasteiger partial charge in [-0.05, 0) is 13.1 Å². The molecule has 0 saturated heterocycles. The summed E-state index contributed by atoms with van der Waals surface area (Å²) in [5.41, 5.74) is 5.64. The molecule has 0 heterocycles. The van der Waals surface area contributed by atoms with Crippen molar-refractivity contribution in [3.63, 3.8) is 0 Å². The standard InChI is InChI=1S/C13H19N3O4/c1-15-4-5-16-13(18)9-6-8(12(14)17)10(19-2)7-11(9)20-3/h6-7,15H,4-5H2,1-3H3,(H2,14,17)(H,16,18). The van der Waals surface area contributed by atoms with Crippen molar-refractivity contribution in [2.45, 2.75) is 0 Å². The summed E-state index contributed by atoms with van der Waals surface area (Å²) >= 11 is 0. The van der Waals surface area contributed by atoms with Crippen molar-refractivity contribution < 1.29 is 19.1 Å². The summed E-state index contributed by atoms with van der Waals surface area (Å²) in [6.07, 6.45) is 0. The van der Waals surface area contributed by atoms with Gasteiger partial charge in [-0.15, -0.1) is 0 Å². The minimum Gasteiger partial charge on any atom is -0.496 e. The third-order valence-corrected chi connectivity index (χ3v) is 2.69. The van der Waals surface area contributed by atoms with Crippen LogP contribution in [0.15, 0.2) is 12.1 Å². The summed E-state index contributed by atoms with van der Waals surface area (Å²) in [6.45, 7) is 1.09. The number of hydrogen-bond acceptors (Lipinski definition) is 5. The number of methoxy groups -OCH3 is 2. The van der Waals surface area contributed by atoms with Crippen molar-refractivity contribution in [2.24, 2.45) is 5.73 Å². The second kappa shape index (κ2) is 7.34. The average molecular weight is 281 g/mol. The number of ether oxygens (including phenoxy) is 2. The SMILES string of the molecule is CNCCNC(=O)c1cc(C(N)=O)c(OC)cc1OC. The number of carbonyl (C=O) groups excluding carboxylic acids is 2. The van der Waals surface area contributed by atoms with Gasteiger partial charge in [-0.25, -0.2) is 0 Å². The summed E-state index contributed by atoms with van der Waals surface area (Å²) in [4.78, 5) is 23.4. The normalized spacial score (nSPS) is 9.95. The molecule has 7 heteroatoms. The van der Waals surface area contributed by atoms with Crippen LogP contribution in [0.3, 0.4) is 0 Å². The van der Waals surface area contributed by atoms with E-state index >= 15 is 0 Å². The van der Waals surface area contributed by atoms with Crippen LogP contribution in [0.4, 0.5) is 0 Å². The van der Waals surface area contributed by atoms with Crippen LogP contribution in [0.25, 0.3) is 0 Å². The first-order valence-electron chi connectivity index (χ1n) is 6.03. The highest BCUT2D eigenvalue weighted by Crippen LogP contribution is 2.28. The van der Waals surface area contributed by atoms with Crippen LogP contribution in [0.5, 0.6) is 11.5 Å². The third-order valence-electron chi connectivity index (χ3n) is 2.69. The summed E-state index contributed by atoms with van der Waals surface area (Å²) in [5.74, 6) is -0.439. The fourth-order valence-electron chi connectivity index (χ4n) is 1.67. The molecule has 0 aliphatic carbocycles. The third kappa shape index (κ3) is 3.61. The molecule has 0 unspecified atom stereocenters. The van der Waals surface area contributed by atoms with Crippen LogP contribution < -0.4 is 25.8 Å². The Morgan fingerprint density at radius 1 is 1.10 bits per heavy atom. The number of benzene rings is 1. The zero-order valence-corrected chi connectivity index (χ0v) is 11.8. The molecule has 0 atom stereocenters. The number of nitrogens with two attached hydrogens (primary N) is 1. The minimum atomic E-state index is -0.672. The molecular formula is C13H19N3O4. The van der Waals surface area contributed by atoms with Gasteiger partial charge in [0.25, 0.3) is 11.8 Å². The molecule has 7 nitrogen and oxygen atoms in total. The van der Waals surface area contributed by atoms with Crippen molar-refractivity contribution in [1.82, 2.24) is 10.6 Å². The Labute approximate surface area is 117 Å². The monoisotopic (exact) mass is 281 g/mol. The zero-order valence-electron chi connectivity index (χ0n) is 11.8. The lowest BCUT2D eigenvalue weighted by Crippen LogP contribution is -2.31. The summed E-state index contributed by atoms with van der Waals surface area (Å²) < 4.78 is 10.2. The van der Waals surface area contributed by atoms with Crippen LogP contribution in [-0.2, 0) is 0 Å². The number of likely N-dealkylation sites (N-methyl/N-ethyl adjacent to an activating group) is 1. The Balaban J connectivity index is 3.13. The summed E-state index contributed by atoms with van der Waals surface area (Å²) in [5, 5.41) is 5.61. The quantitative estimate of drug-likeness (QED) is 0.598. The van der Waals surface area contributed by atoms with E-state index in [-0.39, 0.29) is 22.8 Å². The molecule has 1 rings (SSSR count). The molecule has 1 aromatic carbocycles. The summed E-state index contributed by atoms with van der Waals surface area (Å²) in [7, 11) is 4.63. The molecule has 0 aromatic heterocycles. The van der Waals surface area contributed by atoms with E-state index in [1.807, 2.05) is 0 Å². The van der Waals surface area contributed by atoms with Gasteiger partial charge < -0.3 is 25.8 Å². The first-order chi connectivity index (χ1) is 9.54. The lowest BCUT2D eigenvalue weighted by molar-refractivity contribution is 0.0951. The molecule has 20 heavy (non-hydrogen) atoms. The lowest BCUT2D eigenvalue weighted by atomic mass is 10.1. The highest BCUT2D eigenvalue weighted by molar-refractivity contribution is 6.02. The number of nitrogens with one attached hydrogen (secondary N) is 2. The Kier molecular flexibility index (Phi) is 5.79. The van der Waals surface area contributed by atoms with Gasteiger partial charge in [0.1, 0.15) is 11.5 Å². The van der Waals surface area contributed by atoms with Gasteiger partial charge in [0.2, 0.25) is 0 Å². The number of rotatable bonds is 7. The maximum atomic E-state index is 12.1. The molecule has 0 radical (unpaired) electrons. The molecule has 1 aromatic rings. The van der Waals surface area contributed by atoms with Crippen LogP contribution >= 0.6 is 0 Å². The van der Waals surface area contributed by atoms with E-state index in [9.17, 15) is 9.59 Å². The van der Waals surface area contributed by atoms with E-state index in [2.05, 4.69) is 10.6 Å². The maximum absolute atomic E-state index is 12.1. The molecule has 0 bridgehead atoms. The highest BCUT2D eigenvalue weighted by Gasteiger charge is 2.19. The number of carbonyl (C=O) groups is 2. The Morgan fingerprint density at radius 3 is 2.20 bits per heavy atom. The first kappa shape index (κ1) is 15.8. The number of hydrogen-bond donors (Lipinski definition) is 3. The second-order valence-electron chi connectivity index (χ2n) is 3.98. The molecule has 0 spiro atoms. The zero-order chi connectivity index (χ0) is 15.1. The molecule has 2 amide bonds. The fraction of sp³-hybridized carbons (Fsp3) is 0.385. The van der Waals surface area contributed by atoms with E-state index in [1.54, 1.807) is 7.05 Å². The molecule has 0 saturated carbocycles. The van der Waals surface area contributed by atoms with E-state index in [1.165, 1.54) is 26.4 Å². The van der Waals surface area contributed by atoms with Gasteiger partial charge in [-0.2, -0.15) is 0 Å². The van der Waals surface area contributed by atoms with Crippen molar-refractivity contribution in [3.05, 3.63) is 23.3 Å². The van der Waals surface area contributed by atoms with Crippen LogP contribution in [0.2, 0.25) is 0 Å². The Bertz CT molecular complexity index is 503. The molecule has 4 N–H and O–H groups in total. The van der Waals surface area contributed by atoms with Crippen molar-refractivity contribution in [2.75, 3.05) is 34.4 Å². The van der Waals surface area contributed by atoms with Gasteiger partial charge in [-0.1, -0.05) is 0 Å². The second-order valence-corrected chi connectivity index (χ2v) is 3.98. The minimum absolute atomic E-state index is 0.132. The molecule has 0 aliphatic heterocycles. The number of primary amides is 1. The van der Waals surface area contributed by atoms with E-state index in [4.69, 9.17) is 15.2 Å². The smallest absolute Gasteiger partial charge is 0.255 e. The Morgan fingerprint density at radius 2 is 1.70 bits per heavy atom. The molecule has 0 aliphatic rings. The van der Waals surface area contributed by atoms with Crippen LogP contribution in [-0.4, -0.2) is 46.2 Å². The van der Waals surface area contributed by atoms with Crippen molar-refractivity contribution >= 4 is 11.8 Å². The summed E-state index contributed by atoms with van der Waals surface area (Å²) in [6, 6.07) is 2.84. The van der Waals surface area contributed by atoms with Gasteiger partial charge in [-0.3, -0.25) is 9.59 Å². The first-order valence-corrected chi connectivity index (χ1v) is 6.03. The predicted molar refractivity (Wildman–Crippen MR) is 74.3 cm³/mol. The topological polar surface area (TPSA) is 103 Å². The fourth-order valence-corrected chi connectivity index (χ4v) is 1.67. The van der Waals surface area contributed by atoms with Crippen molar-refractivity contribution in [3.8, 4) is 11.5 Å². The van der Waals surface area contributed by atoms with Crippen molar-refractivity contribution in [1.29, 1.82) is 0 Å². The largest absolute Gasteiger partial charge is 0.496 e. The van der Waals surface area contributed by atoms with Gasteiger partial charge in [0.05, 0.1) is 25.3 Å². The maximum Gasteiger partial charge on any atom is 0.255 e. The molecule has 0 fully saturated rings. The van der Waals surface area contributed by atoms with Gasteiger partial charge in [0, 0.05) is 19.2 Å². The lowest BCUT2D eigenvalue weighted by Gasteiger charge is -2.13. The highest BCUT2D eigenvalue weighted by atomic mass is 16.5. The number of amides is 2. The average Bonchev–Trinajstić information content (AvgIpc) is 2.45. The Hall–Kier alpha value is -2.28. The van der Waals surface area contributed by atoms with Crippen LogP contribution in [0, 0.1) is 0 Å². The van der Waals surface area contributed by atoms with E-state index in [0.717, 1.165) is 0 Å². The molecular weight excluding hydrogens is 262 g/mol. The van der Waals surface area contributed by atoms with Gasteiger partial charge in [0.15, 0.2) is 0 Å². The van der Waals surface area contributed by atoms with Gasteiger partial charge >= 0.3 is 0 Å².